The fourth-order valence-corrected chi connectivity index (χ4v) is 1.93. The summed E-state index contributed by atoms with van der Waals surface area (Å²) in [6, 6.07) is 12.9. The third-order valence-corrected chi connectivity index (χ3v) is 2.93. The van der Waals surface area contributed by atoms with Gasteiger partial charge in [0.05, 0.1) is 19.2 Å². The van der Waals surface area contributed by atoms with E-state index in [1.165, 1.54) is 12.1 Å². The van der Waals surface area contributed by atoms with Gasteiger partial charge in [0.1, 0.15) is 0 Å². The van der Waals surface area contributed by atoms with E-state index < -0.39 is 0 Å². The molecule has 0 bridgehead atoms. The van der Waals surface area contributed by atoms with Crippen LogP contribution < -0.4 is 9.75 Å². The Labute approximate surface area is 115 Å². The van der Waals surface area contributed by atoms with Crippen molar-refractivity contribution in [3.05, 3.63) is 48.0 Å². The molecular weight excluding hydrogens is 256 g/mol. The number of ether oxygens (including phenoxy) is 1. The minimum absolute atomic E-state index is 0.122. The number of anilines is 1. The lowest BCUT2D eigenvalue weighted by Crippen LogP contribution is -2.20. The zero-order valence-corrected chi connectivity index (χ0v) is 10.9. The van der Waals surface area contributed by atoms with E-state index in [9.17, 15) is 4.79 Å². The molecule has 1 amide bonds. The molecule has 2 aromatic rings. The monoisotopic (exact) mass is 268 g/mol. The Morgan fingerprint density at radius 3 is 2.55 bits per heavy atom. The van der Waals surface area contributed by atoms with Crippen LogP contribution in [-0.2, 0) is 4.79 Å². The first-order valence-electron chi connectivity index (χ1n) is 6.11. The van der Waals surface area contributed by atoms with Crippen LogP contribution in [0.25, 0.3) is 0 Å². The molecule has 1 aliphatic heterocycles. The lowest BCUT2D eigenvalue weighted by molar-refractivity contribution is -0.116. The fraction of sp³-hybridized carbons (Fsp3) is 0.143. The van der Waals surface area contributed by atoms with E-state index in [0.29, 0.717) is 11.7 Å². The Bertz CT molecular complexity index is 653. The van der Waals surface area contributed by atoms with Crippen LogP contribution in [0.1, 0.15) is 12.0 Å². The van der Waals surface area contributed by atoms with E-state index in [2.05, 4.69) is 15.3 Å². The maximum Gasteiger partial charge on any atom is 0.255 e. The van der Waals surface area contributed by atoms with E-state index in [-0.39, 0.29) is 12.3 Å². The maximum atomic E-state index is 12.0. The van der Waals surface area contributed by atoms with Crippen molar-refractivity contribution in [2.75, 3.05) is 12.1 Å². The van der Waals surface area contributed by atoms with Crippen molar-refractivity contribution in [1.29, 1.82) is 0 Å². The van der Waals surface area contributed by atoms with Crippen molar-refractivity contribution in [1.82, 2.24) is 10.2 Å². The summed E-state index contributed by atoms with van der Waals surface area (Å²) in [6.45, 7) is 0. The number of benzene rings is 1. The molecule has 0 aliphatic carbocycles. The highest BCUT2D eigenvalue weighted by atomic mass is 16.5. The predicted molar refractivity (Wildman–Crippen MR) is 73.7 cm³/mol. The van der Waals surface area contributed by atoms with Gasteiger partial charge in [-0.25, -0.2) is 0 Å². The number of hydrogen-bond donors (Lipinski definition) is 0. The molecule has 6 nitrogen and oxygen atoms in total. The molecule has 1 aromatic carbocycles. The summed E-state index contributed by atoms with van der Waals surface area (Å²) in [5.41, 5.74) is 1.66. The predicted octanol–water partition coefficient (Wildman–Crippen LogP) is 1.63. The molecule has 2 heterocycles. The molecule has 0 N–H and O–H groups in total. The van der Waals surface area contributed by atoms with Gasteiger partial charge in [-0.2, -0.15) is 10.1 Å². The van der Waals surface area contributed by atoms with Gasteiger partial charge in [0.25, 0.3) is 5.91 Å². The number of aromatic nitrogens is 2. The van der Waals surface area contributed by atoms with E-state index in [1.54, 1.807) is 12.1 Å². The Balaban J connectivity index is 1.90. The van der Waals surface area contributed by atoms with Gasteiger partial charge in [-0.1, -0.05) is 30.3 Å². The van der Waals surface area contributed by atoms with Gasteiger partial charge in [-0.3, -0.25) is 4.79 Å². The van der Waals surface area contributed by atoms with Crippen LogP contribution in [0.2, 0.25) is 0 Å². The normalized spacial score (nSPS) is 14.3. The quantitative estimate of drug-likeness (QED) is 0.848. The molecule has 1 aromatic heterocycles. The second kappa shape index (κ2) is 5.08. The van der Waals surface area contributed by atoms with Crippen LogP contribution in [0.15, 0.2) is 47.6 Å². The van der Waals surface area contributed by atoms with Gasteiger partial charge in [-0.15, -0.1) is 10.2 Å². The SMILES string of the molecule is COc1ccc(N2N=C(c3ccccc3)CC2=O)nn1. The first-order valence-corrected chi connectivity index (χ1v) is 6.11. The van der Waals surface area contributed by atoms with Crippen LogP contribution >= 0.6 is 0 Å². The molecule has 100 valence electrons. The van der Waals surface area contributed by atoms with E-state index in [4.69, 9.17) is 4.74 Å². The number of rotatable bonds is 3. The molecule has 20 heavy (non-hydrogen) atoms. The summed E-state index contributed by atoms with van der Waals surface area (Å²) < 4.78 is 4.94. The highest BCUT2D eigenvalue weighted by Crippen LogP contribution is 2.21. The van der Waals surface area contributed by atoms with Crippen LogP contribution in [0.3, 0.4) is 0 Å². The van der Waals surface area contributed by atoms with Crippen LogP contribution in [0.5, 0.6) is 5.88 Å². The van der Waals surface area contributed by atoms with Crippen LogP contribution in [0.4, 0.5) is 5.82 Å². The molecular formula is C14H12N4O2. The van der Waals surface area contributed by atoms with Crippen molar-refractivity contribution >= 4 is 17.4 Å². The summed E-state index contributed by atoms with van der Waals surface area (Å²) in [6.07, 6.45) is 0.262. The minimum atomic E-state index is -0.122. The molecule has 1 aliphatic rings. The van der Waals surface area contributed by atoms with Crippen molar-refractivity contribution < 1.29 is 9.53 Å². The highest BCUT2D eigenvalue weighted by Gasteiger charge is 2.27. The minimum Gasteiger partial charge on any atom is -0.480 e. The number of carbonyl (C=O) groups excluding carboxylic acids is 1. The third kappa shape index (κ3) is 2.23. The van der Waals surface area contributed by atoms with Gasteiger partial charge in [0.15, 0.2) is 5.82 Å². The third-order valence-electron chi connectivity index (χ3n) is 2.93. The first-order chi connectivity index (χ1) is 9.78. The van der Waals surface area contributed by atoms with Gasteiger partial charge < -0.3 is 4.74 Å². The average Bonchev–Trinajstić information content (AvgIpc) is 2.90. The lowest BCUT2D eigenvalue weighted by atomic mass is 10.1. The molecule has 0 unspecified atom stereocenters. The molecule has 0 atom stereocenters. The van der Waals surface area contributed by atoms with Crippen molar-refractivity contribution in [3.8, 4) is 5.88 Å². The van der Waals surface area contributed by atoms with Gasteiger partial charge in [0.2, 0.25) is 5.88 Å². The average molecular weight is 268 g/mol. The smallest absolute Gasteiger partial charge is 0.255 e. The summed E-state index contributed by atoms with van der Waals surface area (Å²) in [5, 5.41) is 13.4. The molecule has 0 radical (unpaired) electrons. The fourth-order valence-electron chi connectivity index (χ4n) is 1.93. The Kier molecular flexibility index (Phi) is 3.12. The van der Waals surface area contributed by atoms with Crippen molar-refractivity contribution in [2.45, 2.75) is 6.42 Å². The second-order valence-corrected chi connectivity index (χ2v) is 4.23. The number of nitrogens with zero attached hydrogens (tertiary/aromatic N) is 4. The van der Waals surface area contributed by atoms with Gasteiger partial charge in [-0.05, 0) is 11.6 Å². The summed E-state index contributed by atoms with van der Waals surface area (Å²) >= 11 is 0. The highest BCUT2D eigenvalue weighted by molar-refractivity contribution is 6.18. The van der Waals surface area contributed by atoms with Crippen molar-refractivity contribution in [3.63, 3.8) is 0 Å². The Hall–Kier alpha value is -2.76. The topological polar surface area (TPSA) is 67.7 Å². The maximum absolute atomic E-state index is 12.0. The number of hydrazone groups is 1. The van der Waals surface area contributed by atoms with Crippen molar-refractivity contribution in [2.24, 2.45) is 5.10 Å². The number of amides is 1. The van der Waals surface area contributed by atoms with Gasteiger partial charge in [0, 0.05) is 6.07 Å². The largest absolute Gasteiger partial charge is 0.480 e. The number of hydrogen-bond acceptors (Lipinski definition) is 5. The first kappa shape index (κ1) is 12.3. The molecule has 0 fully saturated rings. The van der Waals surface area contributed by atoms with Gasteiger partial charge >= 0.3 is 0 Å². The number of carbonyl (C=O) groups is 1. The van der Waals surface area contributed by atoms with E-state index in [0.717, 1.165) is 11.3 Å². The summed E-state index contributed by atoms with van der Waals surface area (Å²) in [4.78, 5) is 12.0. The molecule has 3 rings (SSSR count). The van der Waals surface area contributed by atoms with Crippen LogP contribution in [0, 0.1) is 0 Å². The molecule has 0 saturated heterocycles. The summed E-state index contributed by atoms with van der Waals surface area (Å²) in [7, 11) is 1.51. The molecule has 0 saturated carbocycles. The molecule has 6 heteroatoms. The standard InChI is InChI=1S/C14H12N4O2/c1-20-13-8-7-12(15-16-13)18-14(19)9-11(17-18)10-5-3-2-4-6-10/h2-8H,9H2,1H3. The number of methoxy groups -OCH3 is 1. The van der Waals surface area contributed by atoms with Crippen LogP contribution in [-0.4, -0.2) is 28.9 Å². The molecule has 0 spiro atoms. The lowest BCUT2D eigenvalue weighted by Gasteiger charge is -2.09. The second-order valence-electron chi connectivity index (χ2n) is 4.23. The Morgan fingerprint density at radius 2 is 1.90 bits per heavy atom. The summed E-state index contributed by atoms with van der Waals surface area (Å²) in [5.74, 6) is 0.665. The van der Waals surface area contributed by atoms with E-state index >= 15 is 0 Å². The zero-order valence-electron chi connectivity index (χ0n) is 10.9. The van der Waals surface area contributed by atoms with E-state index in [1.807, 2.05) is 30.3 Å². The Morgan fingerprint density at radius 1 is 1.10 bits per heavy atom. The zero-order chi connectivity index (χ0) is 13.9.